The molecule has 0 aliphatic carbocycles. The first kappa shape index (κ1) is 14.8. The van der Waals surface area contributed by atoms with Crippen LogP contribution >= 0.6 is 0 Å². The number of benzene rings is 1. The second kappa shape index (κ2) is 5.62. The summed E-state index contributed by atoms with van der Waals surface area (Å²) in [4.78, 5) is 1.60. The lowest BCUT2D eigenvalue weighted by Gasteiger charge is -2.22. The predicted molar refractivity (Wildman–Crippen MR) is 64.2 cm³/mol. The number of rotatable bonds is 3. The number of anilines is 1. The molecule has 1 unspecified atom stereocenters. The van der Waals surface area contributed by atoms with Crippen molar-refractivity contribution in [2.75, 3.05) is 18.5 Å². The summed E-state index contributed by atoms with van der Waals surface area (Å²) in [5, 5.41) is 17.7. The standard InChI is InChI=1S/C13H12F3N3/c1-9(6-17)8-19(2)12-4-3-11(13(14,15)16)5-10(12)7-18/h3-5,9H,8H2,1-2H3. The van der Waals surface area contributed by atoms with Gasteiger partial charge in [0.1, 0.15) is 6.07 Å². The van der Waals surface area contributed by atoms with E-state index in [1.165, 1.54) is 6.07 Å². The van der Waals surface area contributed by atoms with Gasteiger partial charge in [0.2, 0.25) is 0 Å². The largest absolute Gasteiger partial charge is 0.416 e. The number of hydrogen-bond donors (Lipinski definition) is 0. The Hall–Kier alpha value is -2.21. The van der Waals surface area contributed by atoms with Gasteiger partial charge in [0, 0.05) is 13.6 Å². The van der Waals surface area contributed by atoms with E-state index >= 15 is 0 Å². The summed E-state index contributed by atoms with van der Waals surface area (Å²) in [5.74, 6) is -0.279. The molecule has 6 heteroatoms. The Morgan fingerprint density at radius 1 is 1.32 bits per heavy atom. The maximum atomic E-state index is 12.5. The first-order valence-corrected chi connectivity index (χ1v) is 5.51. The lowest BCUT2D eigenvalue weighted by Crippen LogP contribution is -2.24. The van der Waals surface area contributed by atoms with Crippen LogP contribution in [0.3, 0.4) is 0 Å². The quantitative estimate of drug-likeness (QED) is 0.845. The molecule has 0 fully saturated rings. The SMILES string of the molecule is CC(C#N)CN(C)c1ccc(C(F)(F)F)cc1C#N. The van der Waals surface area contributed by atoms with E-state index < -0.39 is 11.7 Å². The Morgan fingerprint density at radius 3 is 2.42 bits per heavy atom. The maximum absolute atomic E-state index is 12.5. The Morgan fingerprint density at radius 2 is 1.95 bits per heavy atom. The molecule has 0 amide bonds. The van der Waals surface area contributed by atoms with E-state index in [0.717, 1.165) is 12.1 Å². The van der Waals surface area contributed by atoms with Gasteiger partial charge in [-0.05, 0) is 25.1 Å². The zero-order valence-electron chi connectivity index (χ0n) is 10.5. The van der Waals surface area contributed by atoms with Gasteiger partial charge in [-0.3, -0.25) is 0 Å². The summed E-state index contributed by atoms with van der Waals surface area (Å²) in [6, 6.07) is 6.80. The molecule has 100 valence electrons. The highest BCUT2D eigenvalue weighted by atomic mass is 19.4. The minimum Gasteiger partial charge on any atom is -0.372 e. The van der Waals surface area contributed by atoms with Crippen LogP contribution in [-0.4, -0.2) is 13.6 Å². The predicted octanol–water partition coefficient (Wildman–Crippen LogP) is 3.17. The van der Waals surface area contributed by atoms with E-state index in [4.69, 9.17) is 10.5 Å². The van der Waals surface area contributed by atoms with Crippen molar-refractivity contribution in [2.45, 2.75) is 13.1 Å². The van der Waals surface area contributed by atoms with Crippen molar-refractivity contribution in [3.8, 4) is 12.1 Å². The van der Waals surface area contributed by atoms with E-state index in [1.807, 2.05) is 6.07 Å². The summed E-state index contributed by atoms with van der Waals surface area (Å²) in [7, 11) is 1.64. The van der Waals surface area contributed by atoms with Crippen LogP contribution in [0, 0.1) is 28.6 Å². The molecule has 0 aliphatic rings. The van der Waals surface area contributed by atoms with Gasteiger partial charge in [0.25, 0.3) is 0 Å². The minimum atomic E-state index is -4.47. The Kier molecular flexibility index (Phi) is 4.39. The molecule has 0 heterocycles. The molecule has 19 heavy (non-hydrogen) atoms. The summed E-state index contributed by atoms with van der Waals surface area (Å²) in [5.41, 5.74) is -0.519. The fraction of sp³-hybridized carbons (Fsp3) is 0.385. The van der Waals surface area contributed by atoms with Gasteiger partial charge in [-0.25, -0.2) is 0 Å². The molecule has 0 radical (unpaired) electrons. The molecule has 0 saturated carbocycles. The third kappa shape index (κ3) is 3.62. The molecule has 1 atom stereocenters. The van der Waals surface area contributed by atoms with E-state index in [0.29, 0.717) is 12.2 Å². The average molecular weight is 267 g/mol. The van der Waals surface area contributed by atoms with Crippen molar-refractivity contribution in [2.24, 2.45) is 5.92 Å². The average Bonchev–Trinajstić information content (AvgIpc) is 2.36. The highest BCUT2D eigenvalue weighted by Gasteiger charge is 2.31. The van der Waals surface area contributed by atoms with Gasteiger partial charge in [-0.1, -0.05) is 0 Å². The number of halogens is 3. The minimum absolute atomic E-state index is 0.0533. The number of nitriles is 2. The molecule has 0 N–H and O–H groups in total. The molecular formula is C13H12F3N3. The number of hydrogen-bond acceptors (Lipinski definition) is 3. The summed E-state index contributed by atoms with van der Waals surface area (Å²) < 4.78 is 37.6. The molecule has 0 aromatic heterocycles. The van der Waals surface area contributed by atoms with E-state index in [1.54, 1.807) is 24.9 Å². The van der Waals surface area contributed by atoms with Crippen LogP contribution in [0.5, 0.6) is 0 Å². The van der Waals surface area contributed by atoms with Crippen LogP contribution in [0.2, 0.25) is 0 Å². The van der Waals surface area contributed by atoms with Crippen LogP contribution in [0.4, 0.5) is 18.9 Å². The van der Waals surface area contributed by atoms with E-state index in [9.17, 15) is 13.2 Å². The van der Waals surface area contributed by atoms with Crippen LogP contribution < -0.4 is 4.90 Å². The molecule has 1 aromatic carbocycles. The highest BCUT2D eigenvalue weighted by molar-refractivity contribution is 5.60. The first-order valence-electron chi connectivity index (χ1n) is 5.51. The van der Waals surface area contributed by atoms with E-state index in [2.05, 4.69) is 0 Å². The highest BCUT2D eigenvalue weighted by Crippen LogP contribution is 2.32. The van der Waals surface area contributed by atoms with Crippen molar-refractivity contribution < 1.29 is 13.2 Å². The normalized spacial score (nSPS) is 12.4. The summed E-state index contributed by atoms with van der Waals surface area (Å²) >= 11 is 0. The smallest absolute Gasteiger partial charge is 0.372 e. The van der Waals surface area contributed by atoms with Crippen molar-refractivity contribution in [3.05, 3.63) is 29.3 Å². The first-order chi connectivity index (χ1) is 8.79. The van der Waals surface area contributed by atoms with E-state index in [-0.39, 0.29) is 11.5 Å². The van der Waals surface area contributed by atoms with Gasteiger partial charge in [0.15, 0.2) is 0 Å². The van der Waals surface area contributed by atoms with Crippen molar-refractivity contribution in [3.63, 3.8) is 0 Å². The van der Waals surface area contributed by atoms with Gasteiger partial charge < -0.3 is 4.90 Å². The fourth-order valence-electron chi connectivity index (χ4n) is 1.68. The summed E-state index contributed by atoms with van der Waals surface area (Å²) in [6.07, 6.45) is -4.47. The monoisotopic (exact) mass is 267 g/mol. The lowest BCUT2D eigenvalue weighted by atomic mass is 10.1. The molecule has 0 spiro atoms. The second-order valence-corrected chi connectivity index (χ2v) is 4.25. The fourth-order valence-corrected chi connectivity index (χ4v) is 1.68. The Bertz CT molecular complexity index is 538. The molecule has 1 rings (SSSR count). The number of alkyl halides is 3. The van der Waals surface area contributed by atoms with Gasteiger partial charge >= 0.3 is 6.18 Å². The zero-order chi connectivity index (χ0) is 14.6. The molecule has 1 aromatic rings. The van der Waals surface area contributed by atoms with Crippen LogP contribution in [0.15, 0.2) is 18.2 Å². The molecule has 0 bridgehead atoms. The van der Waals surface area contributed by atoms with Crippen LogP contribution in [-0.2, 0) is 6.18 Å². The van der Waals surface area contributed by atoms with Gasteiger partial charge in [-0.2, -0.15) is 23.7 Å². The molecule has 3 nitrogen and oxygen atoms in total. The van der Waals surface area contributed by atoms with Crippen molar-refractivity contribution in [1.29, 1.82) is 10.5 Å². The topological polar surface area (TPSA) is 50.8 Å². The summed E-state index contributed by atoms with van der Waals surface area (Å²) in [6.45, 7) is 2.04. The third-order valence-corrected chi connectivity index (χ3v) is 2.62. The van der Waals surface area contributed by atoms with Crippen molar-refractivity contribution in [1.82, 2.24) is 0 Å². The lowest BCUT2D eigenvalue weighted by molar-refractivity contribution is -0.137. The maximum Gasteiger partial charge on any atom is 0.416 e. The van der Waals surface area contributed by atoms with Crippen LogP contribution in [0.1, 0.15) is 18.1 Å². The second-order valence-electron chi connectivity index (χ2n) is 4.25. The van der Waals surface area contributed by atoms with Gasteiger partial charge in [0.05, 0.1) is 28.8 Å². The molecule has 0 aliphatic heterocycles. The van der Waals surface area contributed by atoms with Crippen LogP contribution in [0.25, 0.3) is 0 Å². The molecular weight excluding hydrogens is 255 g/mol. The Labute approximate surface area is 109 Å². The van der Waals surface area contributed by atoms with Gasteiger partial charge in [-0.15, -0.1) is 0 Å². The zero-order valence-corrected chi connectivity index (χ0v) is 10.5. The number of nitrogens with zero attached hydrogens (tertiary/aromatic N) is 3. The Balaban J connectivity index is 3.11. The molecule has 0 saturated heterocycles. The van der Waals surface area contributed by atoms with Crippen molar-refractivity contribution >= 4 is 5.69 Å². The third-order valence-electron chi connectivity index (χ3n) is 2.62.